The predicted molar refractivity (Wildman–Crippen MR) is 116 cm³/mol. The molecule has 0 radical (unpaired) electrons. The lowest BCUT2D eigenvalue weighted by atomic mass is 10.0. The first-order valence-electron chi connectivity index (χ1n) is 9.29. The number of nitrogens with zero attached hydrogens (tertiary/aromatic N) is 3. The quantitative estimate of drug-likeness (QED) is 0.349. The predicted octanol–water partition coefficient (Wildman–Crippen LogP) is 4.95. The Bertz CT molecular complexity index is 1200. The molecule has 0 aliphatic carbocycles. The van der Waals surface area contributed by atoms with Crippen LogP contribution in [0.25, 0.3) is 10.8 Å². The molecule has 6 nitrogen and oxygen atoms in total. The average Bonchev–Trinajstić information content (AvgIpc) is 3.11. The van der Waals surface area contributed by atoms with Gasteiger partial charge in [0.05, 0.1) is 12.8 Å². The van der Waals surface area contributed by atoms with Crippen molar-refractivity contribution in [2.75, 3.05) is 6.61 Å². The van der Waals surface area contributed by atoms with E-state index in [-0.39, 0.29) is 6.61 Å². The summed E-state index contributed by atoms with van der Waals surface area (Å²) in [5, 5.41) is 13.8. The summed E-state index contributed by atoms with van der Waals surface area (Å²) in [6.45, 7) is 2.77. The van der Waals surface area contributed by atoms with Gasteiger partial charge in [0.15, 0.2) is 5.82 Å². The monoisotopic (exact) mass is 404 g/mol. The van der Waals surface area contributed by atoms with Crippen LogP contribution in [0.15, 0.2) is 71.8 Å². The zero-order chi connectivity index (χ0) is 20.1. The van der Waals surface area contributed by atoms with Crippen molar-refractivity contribution in [2.24, 2.45) is 5.10 Å². The molecular weight excluding hydrogens is 384 g/mol. The second-order valence-electron chi connectivity index (χ2n) is 6.23. The zero-order valence-corrected chi connectivity index (χ0v) is 16.7. The van der Waals surface area contributed by atoms with Gasteiger partial charge in [0.1, 0.15) is 18.1 Å². The Hall–Kier alpha value is -3.45. The number of nitrogens with one attached hydrogen (secondary N) is 1. The van der Waals surface area contributed by atoms with E-state index in [4.69, 9.17) is 21.7 Å². The highest BCUT2D eigenvalue weighted by Gasteiger charge is 2.09. The maximum atomic E-state index is 5.81. The number of fused-ring (bicyclic) bond motifs is 1. The first kappa shape index (κ1) is 18.9. The van der Waals surface area contributed by atoms with Crippen LogP contribution < -0.4 is 9.47 Å². The van der Waals surface area contributed by atoms with E-state index in [1.807, 2.05) is 67.6 Å². The largest absolute Gasteiger partial charge is 0.493 e. The van der Waals surface area contributed by atoms with Crippen molar-refractivity contribution in [3.05, 3.63) is 82.9 Å². The molecule has 0 saturated heterocycles. The minimum atomic E-state index is 0.238. The van der Waals surface area contributed by atoms with Gasteiger partial charge in [0.25, 0.3) is 0 Å². The molecule has 0 saturated carbocycles. The maximum absolute atomic E-state index is 5.81. The van der Waals surface area contributed by atoms with E-state index in [9.17, 15) is 0 Å². The number of para-hydroxylation sites is 1. The van der Waals surface area contributed by atoms with Crippen LogP contribution in [0.4, 0.5) is 0 Å². The van der Waals surface area contributed by atoms with Gasteiger partial charge in [-0.3, -0.25) is 0 Å². The van der Waals surface area contributed by atoms with Crippen LogP contribution >= 0.6 is 12.2 Å². The fourth-order valence-electron chi connectivity index (χ4n) is 3.01. The summed E-state index contributed by atoms with van der Waals surface area (Å²) in [5.74, 6) is 2.10. The second-order valence-corrected chi connectivity index (χ2v) is 6.62. The molecule has 0 unspecified atom stereocenters. The molecule has 29 heavy (non-hydrogen) atoms. The summed E-state index contributed by atoms with van der Waals surface area (Å²) in [6.07, 6.45) is 1.75. The first-order valence-corrected chi connectivity index (χ1v) is 9.70. The molecule has 4 aromatic rings. The molecule has 7 heteroatoms. The van der Waals surface area contributed by atoms with Crippen molar-refractivity contribution in [3.63, 3.8) is 0 Å². The Balaban J connectivity index is 1.67. The van der Waals surface area contributed by atoms with Crippen molar-refractivity contribution in [1.82, 2.24) is 14.9 Å². The molecule has 0 aliphatic rings. The molecule has 0 bridgehead atoms. The summed E-state index contributed by atoms with van der Waals surface area (Å²) in [5.41, 5.74) is 0.892. The van der Waals surface area contributed by atoms with E-state index in [1.165, 1.54) is 0 Å². The summed E-state index contributed by atoms with van der Waals surface area (Å²) in [7, 11) is 0. The van der Waals surface area contributed by atoms with Gasteiger partial charge in [-0.15, -0.1) is 0 Å². The number of aromatic amines is 1. The zero-order valence-electron chi connectivity index (χ0n) is 15.9. The van der Waals surface area contributed by atoms with Gasteiger partial charge in [0, 0.05) is 5.56 Å². The van der Waals surface area contributed by atoms with Crippen molar-refractivity contribution in [2.45, 2.75) is 13.5 Å². The molecular formula is C22H20N4O2S. The Morgan fingerprint density at radius 3 is 2.66 bits per heavy atom. The highest BCUT2D eigenvalue weighted by molar-refractivity contribution is 7.71. The summed E-state index contributed by atoms with van der Waals surface area (Å²) in [4.78, 5) is 0. The van der Waals surface area contributed by atoms with Crippen LogP contribution in [0.1, 0.15) is 18.3 Å². The molecule has 4 rings (SSSR count). The van der Waals surface area contributed by atoms with Crippen molar-refractivity contribution < 1.29 is 9.47 Å². The van der Waals surface area contributed by atoms with E-state index in [0.29, 0.717) is 17.2 Å². The Morgan fingerprint density at radius 1 is 1.03 bits per heavy atom. The average molecular weight is 404 g/mol. The van der Waals surface area contributed by atoms with Gasteiger partial charge in [-0.2, -0.15) is 14.9 Å². The molecule has 0 atom stereocenters. The smallest absolute Gasteiger partial charge is 0.216 e. The van der Waals surface area contributed by atoms with Crippen LogP contribution in [0, 0.1) is 4.77 Å². The van der Waals surface area contributed by atoms with Crippen molar-refractivity contribution in [3.8, 4) is 11.5 Å². The third-order valence-electron chi connectivity index (χ3n) is 4.36. The normalized spacial score (nSPS) is 11.2. The van der Waals surface area contributed by atoms with Crippen LogP contribution in [0.2, 0.25) is 0 Å². The number of H-pyrrole nitrogens is 1. The lowest BCUT2D eigenvalue weighted by molar-refractivity contribution is 0.290. The summed E-state index contributed by atoms with van der Waals surface area (Å²) >= 11 is 5.34. The molecule has 3 aromatic carbocycles. The van der Waals surface area contributed by atoms with Gasteiger partial charge >= 0.3 is 0 Å². The minimum absolute atomic E-state index is 0.238. The van der Waals surface area contributed by atoms with E-state index in [0.717, 1.165) is 27.8 Å². The number of ether oxygens (including phenoxy) is 2. The molecule has 1 heterocycles. The van der Waals surface area contributed by atoms with Gasteiger partial charge in [0.2, 0.25) is 4.77 Å². The van der Waals surface area contributed by atoms with E-state index in [2.05, 4.69) is 21.4 Å². The fraction of sp³-hybridized carbons (Fsp3) is 0.136. The third-order valence-corrected chi connectivity index (χ3v) is 4.63. The highest BCUT2D eigenvalue weighted by Crippen LogP contribution is 2.27. The van der Waals surface area contributed by atoms with E-state index < -0.39 is 0 Å². The molecule has 1 aromatic heterocycles. The number of hydrogen-bond acceptors (Lipinski definition) is 5. The number of benzene rings is 3. The standard InChI is InChI=1S/C22H20N4O2S/c1-2-27-20-13-12-16-8-6-7-11-18(16)19(20)14-23-26-21(24-25-22(26)29)15-28-17-9-4-3-5-10-17/h3-14H,2,15H2,1H3,(H,25,29)/b23-14-. The van der Waals surface area contributed by atoms with Gasteiger partial charge in [-0.25, -0.2) is 5.10 Å². The Morgan fingerprint density at radius 2 is 1.83 bits per heavy atom. The maximum Gasteiger partial charge on any atom is 0.216 e. The van der Waals surface area contributed by atoms with Crippen LogP contribution in [-0.4, -0.2) is 27.7 Å². The van der Waals surface area contributed by atoms with E-state index >= 15 is 0 Å². The van der Waals surface area contributed by atoms with Gasteiger partial charge in [-0.05, 0) is 48.1 Å². The Kier molecular flexibility index (Phi) is 5.67. The Labute approximate surface area is 173 Å². The first-order chi connectivity index (χ1) is 14.3. The van der Waals surface area contributed by atoms with Crippen LogP contribution in [-0.2, 0) is 6.61 Å². The summed E-state index contributed by atoms with van der Waals surface area (Å²) < 4.78 is 13.5. The number of aromatic nitrogens is 3. The molecule has 146 valence electrons. The van der Waals surface area contributed by atoms with Crippen molar-refractivity contribution >= 4 is 29.2 Å². The highest BCUT2D eigenvalue weighted by atomic mass is 32.1. The SMILES string of the molecule is CCOc1ccc2ccccc2c1/C=N\n1c(COc2ccccc2)n[nH]c1=S. The molecule has 0 amide bonds. The topological polar surface area (TPSA) is 64.4 Å². The van der Waals surface area contributed by atoms with E-state index in [1.54, 1.807) is 10.9 Å². The molecule has 0 spiro atoms. The lowest BCUT2D eigenvalue weighted by Crippen LogP contribution is -2.05. The third kappa shape index (κ3) is 4.20. The minimum Gasteiger partial charge on any atom is -0.493 e. The van der Waals surface area contributed by atoms with Gasteiger partial charge < -0.3 is 9.47 Å². The van der Waals surface area contributed by atoms with Crippen molar-refractivity contribution in [1.29, 1.82) is 0 Å². The summed E-state index contributed by atoms with van der Waals surface area (Å²) in [6, 6.07) is 21.7. The second kappa shape index (κ2) is 8.70. The van der Waals surface area contributed by atoms with Gasteiger partial charge in [-0.1, -0.05) is 48.5 Å². The lowest BCUT2D eigenvalue weighted by Gasteiger charge is -2.10. The fourth-order valence-corrected chi connectivity index (χ4v) is 3.21. The molecule has 1 N–H and O–H groups in total. The number of rotatable bonds is 7. The number of hydrogen-bond donors (Lipinski definition) is 1. The molecule has 0 fully saturated rings. The van der Waals surface area contributed by atoms with Crippen LogP contribution in [0.5, 0.6) is 11.5 Å². The molecule has 0 aliphatic heterocycles. The van der Waals surface area contributed by atoms with Crippen LogP contribution in [0.3, 0.4) is 0 Å².